The zero-order chi connectivity index (χ0) is 14.5. The number of anilines is 1. The number of rotatable bonds is 5. The highest BCUT2D eigenvalue weighted by molar-refractivity contribution is 7.12. The van der Waals surface area contributed by atoms with Crippen LogP contribution in [0.15, 0.2) is 57.3 Å². The molecule has 2 heterocycles. The smallest absolute Gasteiger partial charge is 0.224 e. The summed E-state index contributed by atoms with van der Waals surface area (Å²) in [5, 5.41) is 15.5. The van der Waals surface area contributed by atoms with E-state index in [1.807, 2.05) is 41.8 Å². The summed E-state index contributed by atoms with van der Waals surface area (Å²) in [6.07, 6.45) is 1.14. The second-order valence-corrected chi connectivity index (χ2v) is 5.32. The van der Waals surface area contributed by atoms with Crippen molar-refractivity contribution in [1.29, 1.82) is 0 Å². The molecule has 1 radical (unpaired) electrons. The number of amides is 1. The van der Waals surface area contributed by atoms with E-state index in [1.54, 1.807) is 0 Å². The maximum absolute atomic E-state index is 12.0. The van der Waals surface area contributed by atoms with Gasteiger partial charge in [0.15, 0.2) is 0 Å². The Hall–Kier alpha value is -2.54. The molecule has 0 aliphatic carbocycles. The molecule has 1 aromatic carbocycles. The predicted octanol–water partition coefficient (Wildman–Crippen LogP) is 2.97. The van der Waals surface area contributed by atoms with Crippen LogP contribution in [0.25, 0.3) is 0 Å². The summed E-state index contributed by atoms with van der Waals surface area (Å²) in [5.41, 5.74) is 5.65. The Morgan fingerprint density at radius 1 is 1.14 bits per heavy atom. The normalized spacial score (nSPS) is 12.9. The van der Waals surface area contributed by atoms with Crippen molar-refractivity contribution in [2.75, 3.05) is 5.32 Å². The first kappa shape index (κ1) is 13.4. The molecule has 105 valence electrons. The van der Waals surface area contributed by atoms with E-state index in [1.165, 1.54) is 11.3 Å². The molecule has 1 aliphatic rings. The van der Waals surface area contributed by atoms with E-state index in [9.17, 15) is 4.79 Å². The van der Waals surface area contributed by atoms with Gasteiger partial charge in [0.2, 0.25) is 11.7 Å². The zero-order valence-electron chi connectivity index (χ0n) is 11.1. The second-order valence-electron chi connectivity index (χ2n) is 4.40. The van der Waals surface area contributed by atoms with Crippen molar-refractivity contribution >= 4 is 28.8 Å². The summed E-state index contributed by atoms with van der Waals surface area (Å²) >= 11 is 1.44. The monoisotopic (exact) mass is 298 g/mol. The zero-order valence-corrected chi connectivity index (χ0v) is 11.9. The molecule has 0 spiro atoms. The van der Waals surface area contributed by atoms with Gasteiger partial charge in [0.25, 0.3) is 0 Å². The van der Waals surface area contributed by atoms with Crippen LogP contribution >= 0.6 is 11.3 Å². The molecule has 1 aromatic heterocycles. The minimum Gasteiger partial charge on any atom is -0.325 e. The fraction of sp³-hybridized carbons (Fsp3) is 0.143. The van der Waals surface area contributed by atoms with Gasteiger partial charge in [-0.3, -0.25) is 4.79 Å². The van der Waals surface area contributed by atoms with E-state index in [0.717, 1.165) is 10.4 Å². The molecule has 0 atom stereocenters. The summed E-state index contributed by atoms with van der Waals surface area (Å²) in [7, 11) is 0. The average molecular weight is 298 g/mol. The van der Waals surface area contributed by atoms with Crippen LogP contribution in [0.5, 0.6) is 0 Å². The first-order valence-corrected chi connectivity index (χ1v) is 7.31. The third-order valence-electron chi connectivity index (χ3n) is 2.94. The standard InChI is InChI=1S/C14H12N5OS/c20-12(7-6-10-4-2-1-3-5-10)15-11-8-9-21-13(11)14-16-18-19-17-14/h1-5,8-9H,6-7H2,(H,15,20). The van der Waals surface area contributed by atoms with Crippen molar-refractivity contribution in [2.45, 2.75) is 12.8 Å². The molecular formula is C14H12N5OS. The van der Waals surface area contributed by atoms with Crippen molar-refractivity contribution in [3.05, 3.63) is 52.2 Å². The SMILES string of the molecule is O=C(CCc1ccccc1)Nc1ccsc1C1=NN=N[N]1. The highest BCUT2D eigenvalue weighted by atomic mass is 32.1. The topological polar surface area (TPSA) is 80.3 Å². The molecule has 6 nitrogen and oxygen atoms in total. The number of benzene rings is 1. The van der Waals surface area contributed by atoms with Crippen LogP contribution in [-0.2, 0) is 11.2 Å². The molecule has 21 heavy (non-hydrogen) atoms. The van der Waals surface area contributed by atoms with Crippen molar-refractivity contribution in [2.24, 2.45) is 15.5 Å². The van der Waals surface area contributed by atoms with E-state index in [0.29, 0.717) is 24.4 Å². The van der Waals surface area contributed by atoms with Crippen LogP contribution in [0.2, 0.25) is 0 Å². The summed E-state index contributed by atoms with van der Waals surface area (Å²) in [4.78, 5) is 12.8. The minimum absolute atomic E-state index is 0.0361. The minimum atomic E-state index is -0.0361. The van der Waals surface area contributed by atoms with Crippen LogP contribution in [0.4, 0.5) is 5.69 Å². The molecule has 3 rings (SSSR count). The van der Waals surface area contributed by atoms with E-state index < -0.39 is 0 Å². The largest absolute Gasteiger partial charge is 0.325 e. The summed E-state index contributed by atoms with van der Waals surface area (Å²) in [6.45, 7) is 0. The number of carbonyl (C=O) groups is 1. The number of hydrogen-bond acceptors (Lipinski definition) is 5. The highest BCUT2D eigenvalue weighted by Gasteiger charge is 2.17. The lowest BCUT2D eigenvalue weighted by Gasteiger charge is -2.05. The Kier molecular flexibility index (Phi) is 4.02. The van der Waals surface area contributed by atoms with Crippen molar-refractivity contribution in [1.82, 2.24) is 5.43 Å². The third-order valence-corrected chi connectivity index (χ3v) is 3.86. The van der Waals surface area contributed by atoms with Crippen molar-refractivity contribution in [3.8, 4) is 0 Å². The lowest BCUT2D eigenvalue weighted by atomic mass is 10.1. The van der Waals surface area contributed by atoms with Gasteiger partial charge in [0, 0.05) is 6.42 Å². The third kappa shape index (κ3) is 3.32. The van der Waals surface area contributed by atoms with Crippen molar-refractivity contribution < 1.29 is 4.79 Å². The number of carbonyl (C=O) groups excluding carboxylic acids is 1. The number of nitrogens with zero attached hydrogens (tertiary/aromatic N) is 4. The maximum atomic E-state index is 12.0. The van der Waals surface area contributed by atoms with Crippen LogP contribution in [0, 0.1) is 0 Å². The van der Waals surface area contributed by atoms with Gasteiger partial charge < -0.3 is 5.32 Å². The fourth-order valence-electron chi connectivity index (χ4n) is 1.93. The van der Waals surface area contributed by atoms with Crippen molar-refractivity contribution in [3.63, 3.8) is 0 Å². The molecule has 0 bridgehead atoms. The summed E-state index contributed by atoms with van der Waals surface area (Å²) in [5.74, 6) is 0.398. The van der Waals surface area contributed by atoms with E-state index in [2.05, 4.69) is 26.3 Å². The van der Waals surface area contributed by atoms with Gasteiger partial charge >= 0.3 is 0 Å². The quantitative estimate of drug-likeness (QED) is 0.904. The first-order chi connectivity index (χ1) is 10.3. The summed E-state index contributed by atoms with van der Waals surface area (Å²) < 4.78 is 0. The lowest BCUT2D eigenvalue weighted by Crippen LogP contribution is -2.15. The maximum Gasteiger partial charge on any atom is 0.224 e. The Morgan fingerprint density at radius 3 is 2.76 bits per heavy atom. The fourth-order valence-corrected chi connectivity index (χ4v) is 2.70. The van der Waals surface area contributed by atoms with Gasteiger partial charge in [-0.05, 0) is 33.9 Å². The number of aryl methyl sites for hydroxylation is 1. The highest BCUT2D eigenvalue weighted by Crippen LogP contribution is 2.24. The molecule has 0 saturated heterocycles. The average Bonchev–Trinajstić information content (AvgIpc) is 3.17. The molecule has 2 aromatic rings. The lowest BCUT2D eigenvalue weighted by molar-refractivity contribution is -0.116. The predicted molar refractivity (Wildman–Crippen MR) is 81.2 cm³/mol. The second kappa shape index (κ2) is 6.27. The number of amidine groups is 1. The van der Waals surface area contributed by atoms with Gasteiger partial charge in [-0.1, -0.05) is 30.3 Å². The number of hydrogen-bond donors (Lipinski definition) is 1. The summed E-state index contributed by atoms with van der Waals surface area (Å²) in [6, 6.07) is 11.8. The van der Waals surface area contributed by atoms with Gasteiger partial charge in [0.05, 0.1) is 10.6 Å². The molecule has 0 unspecified atom stereocenters. The van der Waals surface area contributed by atoms with Crippen LogP contribution < -0.4 is 10.7 Å². The molecule has 1 N–H and O–H groups in total. The Balaban J connectivity index is 1.59. The molecule has 1 amide bonds. The van der Waals surface area contributed by atoms with Crippen LogP contribution in [-0.4, -0.2) is 11.7 Å². The van der Waals surface area contributed by atoms with Crippen LogP contribution in [0.1, 0.15) is 16.9 Å². The molecular weight excluding hydrogens is 286 g/mol. The molecule has 0 fully saturated rings. The Bertz CT molecular complexity index is 692. The first-order valence-electron chi connectivity index (χ1n) is 6.43. The van der Waals surface area contributed by atoms with E-state index in [4.69, 9.17) is 0 Å². The van der Waals surface area contributed by atoms with Gasteiger partial charge in [-0.15, -0.1) is 21.9 Å². The van der Waals surface area contributed by atoms with Gasteiger partial charge in [-0.2, -0.15) is 0 Å². The number of nitrogens with one attached hydrogen (secondary N) is 1. The van der Waals surface area contributed by atoms with Gasteiger partial charge in [0.1, 0.15) is 0 Å². The van der Waals surface area contributed by atoms with E-state index in [-0.39, 0.29) is 5.91 Å². The van der Waals surface area contributed by atoms with E-state index >= 15 is 0 Å². The molecule has 7 heteroatoms. The van der Waals surface area contributed by atoms with Gasteiger partial charge in [-0.25, -0.2) is 0 Å². The van der Waals surface area contributed by atoms with Crippen LogP contribution in [0.3, 0.4) is 0 Å². The molecule has 0 saturated carbocycles. The molecule has 1 aliphatic heterocycles. The number of thiophene rings is 1. The Morgan fingerprint density at radius 2 is 2.00 bits per heavy atom. The Labute approximate surface area is 125 Å².